The van der Waals surface area contributed by atoms with Crippen LogP contribution in [0.15, 0.2) is 23.0 Å². The van der Waals surface area contributed by atoms with Crippen molar-refractivity contribution >= 4 is 27.4 Å². The lowest BCUT2D eigenvalue weighted by molar-refractivity contribution is 0.193. The van der Waals surface area contributed by atoms with Crippen LogP contribution in [0, 0.1) is 11.3 Å². The summed E-state index contributed by atoms with van der Waals surface area (Å²) in [6.07, 6.45) is 10.5. The van der Waals surface area contributed by atoms with E-state index in [0.29, 0.717) is 45.3 Å². The lowest BCUT2D eigenvalue weighted by atomic mass is 9.63. The maximum absolute atomic E-state index is 10.2. The number of nitrogen functional groups attached to an aromatic ring is 1. The molecule has 8 rings (SSSR count). The third-order valence-corrected chi connectivity index (χ3v) is 11.4. The van der Waals surface area contributed by atoms with Gasteiger partial charge in [0.2, 0.25) is 0 Å². The van der Waals surface area contributed by atoms with Crippen LogP contribution in [0.4, 0.5) is 5.00 Å². The number of likely N-dealkylation sites (tertiary alicyclic amines) is 1. The predicted octanol–water partition coefficient (Wildman–Crippen LogP) is 4.85. The molecular formula is C32H36N10O2S. The monoisotopic (exact) mass is 624 g/mol. The summed E-state index contributed by atoms with van der Waals surface area (Å²) < 4.78 is 9.98. The van der Waals surface area contributed by atoms with Crippen LogP contribution in [-0.4, -0.2) is 64.3 Å². The molecule has 1 saturated heterocycles. The number of nitrogens with zero attached hydrogens (tertiary/aromatic N) is 9. The molecule has 4 atom stereocenters. The van der Waals surface area contributed by atoms with Crippen LogP contribution in [0.1, 0.15) is 97.5 Å². The number of thiophene rings is 1. The fourth-order valence-electron chi connectivity index (χ4n) is 8.09. The van der Waals surface area contributed by atoms with Crippen molar-refractivity contribution in [1.82, 2.24) is 39.6 Å². The van der Waals surface area contributed by atoms with Crippen molar-refractivity contribution in [1.29, 1.82) is 5.26 Å². The van der Waals surface area contributed by atoms with Gasteiger partial charge in [0.05, 0.1) is 40.4 Å². The van der Waals surface area contributed by atoms with Gasteiger partial charge in [-0.05, 0) is 90.4 Å². The third kappa shape index (κ3) is 4.19. The van der Waals surface area contributed by atoms with Crippen LogP contribution in [-0.2, 0) is 18.3 Å². The molecule has 232 valence electrons. The zero-order chi connectivity index (χ0) is 31.0. The lowest BCUT2D eigenvalue weighted by Crippen LogP contribution is -2.35. The fourth-order valence-corrected chi connectivity index (χ4v) is 9.25. The molecule has 3 aliphatic rings. The molecule has 0 radical (unpaired) electrons. The van der Waals surface area contributed by atoms with E-state index in [4.69, 9.17) is 25.3 Å². The maximum atomic E-state index is 10.2. The van der Waals surface area contributed by atoms with Crippen molar-refractivity contribution in [2.75, 3.05) is 19.3 Å². The summed E-state index contributed by atoms with van der Waals surface area (Å²) in [6.45, 7) is 4.95. The summed E-state index contributed by atoms with van der Waals surface area (Å²) in [5.41, 5.74) is 10.4. The highest BCUT2D eigenvalue weighted by molar-refractivity contribution is 7.16. The molecule has 1 aliphatic heterocycles. The molecule has 6 heterocycles. The Morgan fingerprint density at radius 1 is 1.20 bits per heavy atom. The van der Waals surface area contributed by atoms with E-state index >= 15 is 0 Å². The van der Waals surface area contributed by atoms with Crippen molar-refractivity contribution in [3.63, 3.8) is 0 Å². The van der Waals surface area contributed by atoms with Gasteiger partial charge in [-0.2, -0.15) is 15.5 Å². The molecule has 12 nitrogen and oxygen atoms in total. The number of nitrogens with two attached hydrogens (primary N) is 1. The van der Waals surface area contributed by atoms with E-state index in [0.717, 1.165) is 80.2 Å². The number of hydrogen-bond donors (Lipinski definition) is 2. The number of likely N-dealkylation sites (N-methyl/N-ethyl adjacent to an activating group) is 1. The molecule has 5 aromatic heterocycles. The zero-order valence-electron chi connectivity index (χ0n) is 25.7. The van der Waals surface area contributed by atoms with E-state index in [2.05, 4.69) is 35.2 Å². The first-order valence-corrected chi connectivity index (χ1v) is 16.6. The summed E-state index contributed by atoms with van der Waals surface area (Å²) in [6, 6.07) is 4.61. The number of aryl methyl sites for hydroxylation is 1. The van der Waals surface area contributed by atoms with Crippen molar-refractivity contribution < 1.29 is 9.63 Å². The molecule has 1 spiro atoms. The van der Waals surface area contributed by atoms with E-state index in [-0.39, 0.29) is 6.04 Å². The lowest BCUT2D eigenvalue weighted by Gasteiger charge is -2.39. The molecular weight excluding hydrogens is 588 g/mol. The quantitative estimate of drug-likeness (QED) is 0.277. The maximum Gasteiger partial charge on any atom is 0.186 e. The second kappa shape index (κ2) is 10.5. The topological polar surface area (TPSA) is 161 Å². The van der Waals surface area contributed by atoms with E-state index in [1.165, 1.54) is 16.2 Å². The van der Waals surface area contributed by atoms with Gasteiger partial charge in [-0.25, -0.2) is 19.3 Å². The molecule has 2 aliphatic carbocycles. The molecule has 0 saturated carbocycles. The minimum Gasteiger partial charge on any atom is -0.389 e. The first-order valence-electron chi connectivity index (χ1n) is 15.8. The van der Waals surface area contributed by atoms with Crippen molar-refractivity contribution in [3.05, 3.63) is 51.5 Å². The average molecular weight is 625 g/mol. The Kier molecular flexibility index (Phi) is 6.60. The van der Waals surface area contributed by atoms with E-state index in [9.17, 15) is 10.4 Å². The van der Waals surface area contributed by atoms with Crippen LogP contribution >= 0.6 is 11.3 Å². The van der Waals surface area contributed by atoms with Crippen molar-refractivity contribution in [3.8, 4) is 23.4 Å². The number of rotatable bonds is 5. The third-order valence-electron chi connectivity index (χ3n) is 10.3. The standard InChI is InChI=1S/C32H36N10O2S/c1-17(23-8-6-13-40(23)3)42-31-21(16-35-42)30(41-14-10-22(38-41)18(2)43)36-29(37-31)26-19-7-4-11-32(27(19)44-39-26)12-5-9-24-25(32)20(15-33)28(34)45-24/h10,14,16-18,23,43H,4-9,11-13,34H2,1-3H3/t17-,18+,23-,32-/m0/s1. The van der Waals surface area contributed by atoms with Crippen LogP contribution in [0.3, 0.4) is 0 Å². The van der Waals surface area contributed by atoms with Gasteiger partial charge < -0.3 is 20.3 Å². The molecule has 0 amide bonds. The molecule has 5 aromatic rings. The number of anilines is 1. The van der Waals surface area contributed by atoms with Gasteiger partial charge in [-0.15, -0.1) is 11.3 Å². The van der Waals surface area contributed by atoms with Gasteiger partial charge in [0.25, 0.3) is 0 Å². The number of nitriles is 1. The highest BCUT2D eigenvalue weighted by Crippen LogP contribution is 2.55. The number of aliphatic hydroxyl groups is 1. The Bertz CT molecular complexity index is 1970. The first kappa shape index (κ1) is 28.4. The number of aliphatic hydroxyl groups excluding tert-OH is 1. The Morgan fingerprint density at radius 3 is 2.76 bits per heavy atom. The van der Waals surface area contributed by atoms with E-state index in [1.54, 1.807) is 23.9 Å². The van der Waals surface area contributed by atoms with Crippen LogP contribution in [0.5, 0.6) is 0 Å². The zero-order valence-corrected chi connectivity index (χ0v) is 26.5. The first-order chi connectivity index (χ1) is 21.8. The van der Waals surface area contributed by atoms with E-state index in [1.807, 2.05) is 10.9 Å². The fraction of sp³-hybridized carbons (Fsp3) is 0.500. The van der Waals surface area contributed by atoms with Gasteiger partial charge in [0.15, 0.2) is 28.7 Å². The minimum atomic E-state index is -0.715. The molecule has 1 fully saturated rings. The molecule has 45 heavy (non-hydrogen) atoms. The molecule has 13 heteroatoms. The van der Waals surface area contributed by atoms with Gasteiger partial charge in [-0.1, -0.05) is 5.16 Å². The largest absolute Gasteiger partial charge is 0.389 e. The number of fused-ring (bicyclic) bond motifs is 5. The number of aromatic nitrogens is 7. The highest BCUT2D eigenvalue weighted by atomic mass is 32.1. The second-order valence-electron chi connectivity index (χ2n) is 12.9. The van der Waals surface area contributed by atoms with Gasteiger partial charge in [0.1, 0.15) is 11.1 Å². The van der Waals surface area contributed by atoms with Crippen LogP contribution in [0.25, 0.3) is 28.4 Å². The SMILES string of the molecule is C[C@@H](O)c1ccn(-c2nc(-c3noc4c3CCC[C@@]43CCCc4sc(N)c(C#N)c43)nc3c2cnn3[C@@H](C)[C@@H]2CCCN2C)n1. The van der Waals surface area contributed by atoms with Crippen molar-refractivity contribution in [2.24, 2.45) is 0 Å². The minimum absolute atomic E-state index is 0.0832. The summed E-state index contributed by atoms with van der Waals surface area (Å²) in [7, 11) is 2.17. The summed E-state index contributed by atoms with van der Waals surface area (Å²) in [4.78, 5) is 13.8. The Hall–Kier alpha value is -4.12. The molecule has 0 bridgehead atoms. The van der Waals surface area contributed by atoms with E-state index < -0.39 is 11.5 Å². The Labute approximate surface area is 264 Å². The summed E-state index contributed by atoms with van der Waals surface area (Å²) in [5, 5.41) is 35.8. The molecule has 0 aromatic carbocycles. The van der Waals surface area contributed by atoms with Crippen LogP contribution in [0.2, 0.25) is 0 Å². The molecule has 3 N–H and O–H groups in total. The number of hydrogen-bond acceptors (Lipinski definition) is 11. The van der Waals surface area contributed by atoms with Crippen LogP contribution < -0.4 is 5.73 Å². The van der Waals surface area contributed by atoms with Gasteiger partial charge in [0, 0.05) is 22.7 Å². The average Bonchev–Trinajstić information content (AvgIpc) is 3.86. The highest BCUT2D eigenvalue weighted by Gasteiger charge is 2.49. The Morgan fingerprint density at radius 2 is 2.02 bits per heavy atom. The normalized spacial score (nSPS) is 22.9. The smallest absolute Gasteiger partial charge is 0.186 e. The summed E-state index contributed by atoms with van der Waals surface area (Å²) >= 11 is 1.54. The summed E-state index contributed by atoms with van der Waals surface area (Å²) in [5.74, 6) is 1.83. The second-order valence-corrected chi connectivity index (χ2v) is 14.0. The molecule has 0 unspecified atom stereocenters. The van der Waals surface area contributed by atoms with Gasteiger partial charge in [-0.3, -0.25) is 0 Å². The van der Waals surface area contributed by atoms with Crippen molar-refractivity contribution in [2.45, 2.75) is 88.8 Å². The van der Waals surface area contributed by atoms with Gasteiger partial charge >= 0.3 is 0 Å². The predicted molar refractivity (Wildman–Crippen MR) is 169 cm³/mol. The Balaban J connectivity index is 1.32.